The molecule has 3 aromatic rings. The molecule has 4 atom stereocenters. The van der Waals surface area contributed by atoms with E-state index in [1.165, 1.54) is 0 Å². The number of aliphatic carboxylic acids is 2. The Morgan fingerprint density at radius 1 is 0.852 bits per heavy atom. The Kier molecular flexibility index (Phi) is 15.4. The highest BCUT2D eigenvalue weighted by Crippen LogP contribution is 2.15. The highest BCUT2D eigenvalue weighted by molar-refractivity contribution is 7.93. The van der Waals surface area contributed by atoms with Crippen LogP contribution < -0.4 is 21.3 Å². The molecule has 0 aliphatic carbocycles. The van der Waals surface area contributed by atoms with E-state index in [1.54, 1.807) is 68.4 Å². The molecular formula is C37H43N5O11S. The van der Waals surface area contributed by atoms with Crippen LogP contribution in [0.1, 0.15) is 37.9 Å². The Hall–Kier alpha value is -6.10. The molecule has 0 aliphatic heterocycles. The highest BCUT2D eigenvalue weighted by Gasteiger charge is 2.34. The zero-order chi connectivity index (χ0) is 40.0. The molecular weight excluding hydrogens is 722 g/mol. The van der Waals surface area contributed by atoms with E-state index in [4.69, 9.17) is 9.84 Å². The monoisotopic (exact) mass is 765 g/mol. The van der Waals surface area contributed by atoms with Crippen LogP contribution in [-0.2, 0) is 51.6 Å². The van der Waals surface area contributed by atoms with Gasteiger partial charge in [-0.3, -0.25) is 24.2 Å². The first kappa shape index (κ1) is 42.3. The van der Waals surface area contributed by atoms with Crippen LogP contribution in [0, 0.1) is 5.92 Å². The van der Waals surface area contributed by atoms with Crippen molar-refractivity contribution in [2.24, 2.45) is 5.92 Å². The molecule has 0 fully saturated rings. The predicted molar refractivity (Wildman–Crippen MR) is 197 cm³/mol. The van der Waals surface area contributed by atoms with Crippen molar-refractivity contribution in [3.05, 3.63) is 102 Å². The molecule has 0 aliphatic rings. The minimum absolute atomic E-state index is 0.159. The Bertz CT molecular complexity index is 2000. The molecule has 1 unspecified atom stereocenters. The Labute approximate surface area is 312 Å². The zero-order valence-electron chi connectivity index (χ0n) is 29.9. The van der Waals surface area contributed by atoms with E-state index in [2.05, 4.69) is 32.8 Å². The molecule has 0 spiro atoms. The fourth-order valence-corrected chi connectivity index (χ4v) is 5.48. The third kappa shape index (κ3) is 13.8. The van der Waals surface area contributed by atoms with E-state index >= 15 is 0 Å². The van der Waals surface area contributed by atoms with Gasteiger partial charge in [0, 0.05) is 41.6 Å². The summed E-state index contributed by atoms with van der Waals surface area (Å²) >= 11 is 0. The van der Waals surface area contributed by atoms with Gasteiger partial charge in [0.25, 0.3) is 0 Å². The first-order valence-electron chi connectivity index (χ1n) is 16.7. The third-order valence-corrected chi connectivity index (χ3v) is 8.52. The summed E-state index contributed by atoms with van der Waals surface area (Å²) in [4.78, 5) is 81.6. The second kappa shape index (κ2) is 19.7. The molecule has 0 radical (unpaired) electrons. The first-order valence-corrected chi connectivity index (χ1v) is 18.6. The maximum atomic E-state index is 14.0. The number of rotatable bonds is 19. The molecule has 0 bridgehead atoms. The summed E-state index contributed by atoms with van der Waals surface area (Å²) < 4.78 is 28.6. The first-order chi connectivity index (χ1) is 25.4. The number of para-hydroxylation sites is 1. The maximum absolute atomic E-state index is 14.0. The summed E-state index contributed by atoms with van der Waals surface area (Å²) in [6.07, 6.45) is 0.108. The fourth-order valence-electron chi connectivity index (χ4n) is 5.01. The summed E-state index contributed by atoms with van der Waals surface area (Å²) in [5.74, 6) is -6.18. The smallest absolute Gasteiger partial charge is 0.408 e. The average molecular weight is 766 g/mol. The van der Waals surface area contributed by atoms with Gasteiger partial charge in [0.15, 0.2) is 9.84 Å². The number of carbonyl (C=O) groups is 6. The van der Waals surface area contributed by atoms with Crippen LogP contribution in [0.25, 0.3) is 10.9 Å². The summed E-state index contributed by atoms with van der Waals surface area (Å²) in [6, 6.07) is 13.4. The number of nitrogens with one attached hydrogen (secondary N) is 4. The number of alkyl carbamates (subject to hydrolysis) is 1. The lowest BCUT2D eigenvalue weighted by atomic mass is 10.0. The van der Waals surface area contributed by atoms with Gasteiger partial charge in [-0.15, -0.1) is 0 Å². The van der Waals surface area contributed by atoms with Crippen molar-refractivity contribution >= 4 is 56.5 Å². The number of aromatic nitrogens is 1. The lowest BCUT2D eigenvalue weighted by Gasteiger charge is -2.27. The van der Waals surface area contributed by atoms with Gasteiger partial charge in [-0.05, 0) is 30.0 Å². The lowest BCUT2D eigenvalue weighted by molar-refractivity contribution is -0.137. The van der Waals surface area contributed by atoms with Crippen LogP contribution >= 0.6 is 0 Å². The van der Waals surface area contributed by atoms with Gasteiger partial charge >= 0.3 is 18.0 Å². The van der Waals surface area contributed by atoms with Gasteiger partial charge in [-0.2, -0.15) is 0 Å². The molecule has 16 nitrogen and oxygen atoms in total. The van der Waals surface area contributed by atoms with Gasteiger partial charge in [-0.25, -0.2) is 18.0 Å². The van der Waals surface area contributed by atoms with Crippen molar-refractivity contribution in [1.29, 1.82) is 0 Å². The molecule has 1 heterocycles. The summed E-state index contributed by atoms with van der Waals surface area (Å²) in [5, 5.41) is 30.3. The van der Waals surface area contributed by atoms with Crippen LogP contribution in [0.15, 0.2) is 90.4 Å². The van der Waals surface area contributed by atoms with E-state index < -0.39 is 87.7 Å². The van der Waals surface area contributed by atoms with Crippen molar-refractivity contribution in [1.82, 2.24) is 26.3 Å². The van der Waals surface area contributed by atoms with Gasteiger partial charge in [0.2, 0.25) is 17.7 Å². The number of fused-ring (bicyclic) bond motifs is 1. The molecule has 1 aromatic heterocycles. The summed E-state index contributed by atoms with van der Waals surface area (Å²) in [7, 11) is -3.63. The van der Waals surface area contributed by atoms with E-state index in [0.29, 0.717) is 16.8 Å². The van der Waals surface area contributed by atoms with Crippen molar-refractivity contribution < 1.29 is 52.1 Å². The molecule has 54 heavy (non-hydrogen) atoms. The second-order valence-electron chi connectivity index (χ2n) is 12.7. The number of sulfone groups is 1. The normalized spacial score (nSPS) is 13.6. The largest absolute Gasteiger partial charge is 0.481 e. The van der Waals surface area contributed by atoms with Gasteiger partial charge in [-0.1, -0.05) is 81.1 Å². The number of ether oxygens (including phenoxy) is 1. The van der Waals surface area contributed by atoms with Crippen molar-refractivity contribution in [2.45, 2.75) is 63.9 Å². The SMILES string of the molecule is C=C(C(=O)O)[C@H](NC(=O)OCc1ccccc1)C(=O)N[C@@H](Cc1ccc2ccccc2n1)C(=O)NC(C(=O)N[C@H](/C=C/S(C)(=O)=O)CCC(=O)O)C(C)C. The van der Waals surface area contributed by atoms with Crippen LogP contribution in [0.5, 0.6) is 0 Å². The summed E-state index contributed by atoms with van der Waals surface area (Å²) in [5.41, 5.74) is 0.799. The topological polar surface area (TPSA) is 247 Å². The number of hydrogen-bond acceptors (Lipinski definition) is 10. The molecule has 17 heteroatoms. The second-order valence-corrected chi connectivity index (χ2v) is 14.6. The van der Waals surface area contributed by atoms with Crippen LogP contribution in [-0.4, -0.2) is 89.8 Å². The molecule has 0 saturated carbocycles. The van der Waals surface area contributed by atoms with E-state index in [-0.39, 0.29) is 19.4 Å². The van der Waals surface area contributed by atoms with Crippen molar-refractivity contribution in [2.75, 3.05) is 6.26 Å². The maximum Gasteiger partial charge on any atom is 0.408 e. The van der Waals surface area contributed by atoms with Crippen LogP contribution in [0.4, 0.5) is 4.79 Å². The number of nitrogens with zero attached hydrogens (tertiary/aromatic N) is 1. The van der Waals surface area contributed by atoms with E-state index in [9.17, 15) is 42.3 Å². The fraction of sp³-hybridized carbons (Fsp3) is 0.324. The number of carboxylic acids is 2. The molecule has 2 aromatic carbocycles. The van der Waals surface area contributed by atoms with Crippen molar-refractivity contribution in [3.8, 4) is 0 Å². The average Bonchev–Trinajstić information content (AvgIpc) is 3.12. The quantitative estimate of drug-likeness (QED) is 0.0963. The zero-order valence-corrected chi connectivity index (χ0v) is 30.7. The minimum Gasteiger partial charge on any atom is -0.481 e. The molecule has 288 valence electrons. The molecule has 4 amide bonds. The Morgan fingerprint density at radius 2 is 1.52 bits per heavy atom. The Morgan fingerprint density at radius 3 is 2.15 bits per heavy atom. The van der Waals surface area contributed by atoms with Gasteiger partial charge in [0.05, 0.1) is 11.1 Å². The van der Waals surface area contributed by atoms with Crippen LogP contribution in [0.3, 0.4) is 0 Å². The van der Waals surface area contributed by atoms with E-state index in [0.717, 1.165) is 23.1 Å². The van der Waals surface area contributed by atoms with Gasteiger partial charge < -0.3 is 36.2 Å². The predicted octanol–water partition coefficient (Wildman–Crippen LogP) is 2.25. The lowest BCUT2D eigenvalue weighted by Crippen LogP contribution is -2.59. The van der Waals surface area contributed by atoms with Crippen molar-refractivity contribution in [3.63, 3.8) is 0 Å². The molecule has 3 rings (SSSR count). The minimum atomic E-state index is -3.63. The number of carbonyl (C=O) groups excluding carboxylic acids is 4. The number of hydrogen-bond donors (Lipinski definition) is 6. The Balaban J connectivity index is 1.90. The molecule has 6 N–H and O–H groups in total. The van der Waals surface area contributed by atoms with Gasteiger partial charge in [0.1, 0.15) is 24.7 Å². The third-order valence-electron chi connectivity index (χ3n) is 7.86. The summed E-state index contributed by atoms with van der Waals surface area (Å²) in [6.45, 7) is 6.45. The highest BCUT2D eigenvalue weighted by atomic mass is 32.2. The molecule has 0 saturated heterocycles. The van der Waals surface area contributed by atoms with E-state index in [1.807, 2.05) is 12.1 Å². The number of carboxylic acid groups (broad SMARTS) is 2. The number of pyridine rings is 1. The number of benzene rings is 2. The number of amides is 4. The van der Waals surface area contributed by atoms with Crippen LogP contribution in [0.2, 0.25) is 0 Å². The standard InChI is InChI=1S/C37H43N5O11S/c1-22(2)31(34(46)39-26(16-17-30(43)44)18-19-54(4,51)52)41-33(45)29(20-27-15-14-25-12-8-9-13-28(25)38-27)40-35(47)32(23(3)36(48)49)42-37(50)53-21-24-10-6-5-7-11-24/h5-15,18-19,22,26,29,31-32H,3,16-17,20-21H2,1-2,4H3,(H,39,46)(H,40,47)(H,41,45)(H,42,50)(H,43,44)(H,48,49)/b19-18+/t26-,29-,31?,32-/m0/s1.